The zero-order valence-corrected chi connectivity index (χ0v) is 17.6. The number of hydrogen-bond acceptors (Lipinski definition) is 1. The Kier molecular flexibility index (Phi) is 4.51. The van der Waals surface area contributed by atoms with Crippen molar-refractivity contribution >= 4 is 21.5 Å². The average molecular weight is 408 g/mol. The molecule has 6 rings (SSSR count). The third-order valence-corrected chi connectivity index (χ3v) is 6.14. The highest BCUT2D eigenvalue weighted by Gasteiger charge is 2.17. The molecule has 0 unspecified atom stereocenters. The van der Waals surface area contributed by atoms with Crippen molar-refractivity contribution < 1.29 is 0 Å². The van der Waals surface area contributed by atoms with Crippen LogP contribution in [0.25, 0.3) is 54.9 Å². The molecule has 0 radical (unpaired) electrons. The number of fused-ring (bicyclic) bond motifs is 2. The lowest BCUT2D eigenvalue weighted by molar-refractivity contribution is 1.33. The first kappa shape index (κ1) is 18.5. The fourth-order valence-electron chi connectivity index (χ4n) is 4.72. The molecule has 0 fully saturated rings. The van der Waals surface area contributed by atoms with Crippen LogP contribution in [0.4, 0.5) is 0 Å². The maximum atomic E-state index is 4.34. The number of hydrogen-bond donors (Lipinski definition) is 0. The van der Waals surface area contributed by atoms with E-state index in [1.54, 1.807) is 0 Å². The van der Waals surface area contributed by atoms with Crippen molar-refractivity contribution in [2.75, 3.05) is 0 Å². The lowest BCUT2D eigenvalue weighted by atomic mass is 9.85. The average Bonchev–Trinajstić information content (AvgIpc) is 2.88. The number of aromatic nitrogens is 1. The van der Waals surface area contributed by atoms with Crippen LogP contribution in [0.2, 0.25) is 0 Å². The second-order valence-corrected chi connectivity index (χ2v) is 8.03. The molecule has 0 aliphatic rings. The Labute approximate surface area is 187 Å². The first-order valence-corrected chi connectivity index (χ1v) is 10.9. The molecule has 0 saturated carbocycles. The van der Waals surface area contributed by atoms with Crippen molar-refractivity contribution in [1.82, 2.24) is 4.98 Å². The van der Waals surface area contributed by atoms with Crippen molar-refractivity contribution in [3.63, 3.8) is 0 Å². The molecule has 6 aromatic rings. The lowest BCUT2D eigenvalue weighted by Crippen LogP contribution is -1.91. The summed E-state index contributed by atoms with van der Waals surface area (Å²) in [7, 11) is 0. The zero-order valence-electron chi connectivity index (χ0n) is 17.6. The van der Waals surface area contributed by atoms with Crippen molar-refractivity contribution in [3.05, 3.63) is 128 Å². The lowest BCUT2D eigenvalue weighted by Gasteiger charge is -2.18. The number of pyridine rings is 1. The number of benzene rings is 5. The largest absolute Gasteiger partial charge is 0.264 e. The van der Waals surface area contributed by atoms with E-state index in [0.717, 1.165) is 5.56 Å². The molecule has 0 atom stereocenters. The van der Waals surface area contributed by atoms with Crippen LogP contribution in [0, 0.1) is 0 Å². The molecule has 0 spiro atoms. The zero-order chi connectivity index (χ0) is 21.3. The van der Waals surface area contributed by atoms with Gasteiger partial charge in [0.1, 0.15) is 0 Å². The van der Waals surface area contributed by atoms with Gasteiger partial charge in [0.2, 0.25) is 0 Å². The highest BCUT2D eigenvalue weighted by Crippen LogP contribution is 2.44. The molecule has 150 valence electrons. The van der Waals surface area contributed by atoms with Gasteiger partial charge in [-0.05, 0) is 61.5 Å². The van der Waals surface area contributed by atoms with Gasteiger partial charge in [0.25, 0.3) is 0 Å². The summed E-state index contributed by atoms with van der Waals surface area (Å²) in [5.74, 6) is 0. The minimum Gasteiger partial charge on any atom is -0.264 e. The molecule has 0 aliphatic heterocycles. The van der Waals surface area contributed by atoms with Crippen LogP contribution in [0.15, 0.2) is 128 Å². The SMILES string of the molecule is c1ccc(-c2c3ccccc3c(-c3ccccc3)c3cc(-c4cccnc4)ccc23)cc1. The van der Waals surface area contributed by atoms with Crippen LogP contribution in [0.1, 0.15) is 0 Å². The minimum atomic E-state index is 1.13. The van der Waals surface area contributed by atoms with Crippen molar-refractivity contribution in [2.24, 2.45) is 0 Å². The summed E-state index contributed by atoms with van der Waals surface area (Å²) in [6.45, 7) is 0. The van der Waals surface area contributed by atoms with E-state index in [1.807, 2.05) is 18.5 Å². The molecule has 0 N–H and O–H groups in total. The summed E-state index contributed by atoms with van der Waals surface area (Å²) < 4.78 is 0. The van der Waals surface area contributed by atoms with Crippen molar-refractivity contribution in [3.8, 4) is 33.4 Å². The Morgan fingerprint density at radius 1 is 0.375 bits per heavy atom. The summed E-state index contributed by atoms with van der Waals surface area (Å²) >= 11 is 0. The maximum absolute atomic E-state index is 4.34. The molecule has 0 amide bonds. The quantitative estimate of drug-likeness (QED) is 0.268. The predicted molar refractivity (Wildman–Crippen MR) is 136 cm³/mol. The van der Waals surface area contributed by atoms with Gasteiger partial charge in [-0.1, -0.05) is 103 Å². The summed E-state index contributed by atoms with van der Waals surface area (Å²) in [6.07, 6.45) is 3.75. The molecule has 1 aromatic heterocycles. The Hall–Kier alpha value is -4.23. The van der Waals surface area contributed by atoms with Gasteiger partial charge in [-0.2, -0.15) is 0 Å². The molecule has 0 aliphatic carbocycles. The van der Waals surface area contributed by atoms with Crippen LogP contribution in [0.3, 0.4) is 0 Å². The van der Waals surface area contributed by atoms with Gasteiger partial charge in [0.15, 0.2) is 0 Å². The molecule has 5 aromatic carbocycles. The van der Waals surface area contributed by atoms with Crippen LogP contribution in [-0.2, 0) is 0 Å². The van der Waals surface area contributed by atoms with Gasteiger partial charge in [0, 0.05) is 18.0 Å². The van der Waals surface area contributed by atoms with E-state index in [1.165, 1.54) is 49.4 Å². The van der Waals surface area contributed by atoms with E-state index in [-0.39, 0.29) is 0 Å². The van der Waals surface area contributed by atoms with Crippen LogP contribution < -0.4 is 0 Å². The first-order chi connectivity index (χ1) is 15.9. The number of rotatable bonds is 3. The van der Waals surface area contributed by atoms with Crippen molar-refractivity contribution in [1.29, 1.82) is 0 Å². The Morgan fingerprint density at radius 2 is 0.906 bits per heavy atom. The summed E-state index contributed by atoms with van der Waals surface area (Å²) in [4.78, 5) is 4.34. The molecule has 0 saturated heterocycles. The second-order valence-electron chi connectivity index (χ2n) is 8.03. The van der Waals surface area contributed by atoms with E-state index in [9.17, 15) is 0 Å². The Balaban J connectivity index is 1.80. The van der Waals surface area contributed by atoms with E-state index in [4.69, 9.17) is 0 Å². The molecular weight excluding hydrogens is 386 g/mol. The molecule has 1 heteroatoms. The molecular formula is C31H21N. The summed E-state index contributed by atoms with van der Waals surface area (Å²) in [5.41, 5.74) is 7.34. The topological polar surface area (TPSA) is 12.9 Å². The summed E-state index contributed by atoms with van der Waals surface area (Å²) in [6, 6.07) is 41.2. The van der Waals surface area contributed by atoms with Gasteiger partial charge < -0.3 is 0 Å². The molecule has 1 nitrogen and oxygen atoms in total. The minimum absolute atomic E-state index is 1.13. The van der Waals surface area contributed by atoms with Crippen LogP contribution in [0.5, 0.6) is 0 Å². The van der Waals surface area contributed by atoms with E-state index >= 15 is 0 Å². The predicted octanol–water partition coefficient (Wildman–Crippen LogP) is 8.39. The van der Waals surface area contributed by atoms with Gasteiger partial charge in [-0.15, -0.1) is 0 Å². The van der Waals surface area contributed by atoms with Gasteiger partial charge in [-0.3, -0.25) is 4.98 Å². The third kappa shape index (κ3) is 3.07. The fourth-order valence-corrected chi connectivity index (χ4v) is 4.72. The van der Waals surface area contributed by atoms with E-state index < -0.39 is 0 Å². The molecule has 32 heavy (non-hydrogen) atoms. The Bertz CT molecular complexity index is 1540. The normalized spacial score (nSPS) is 11.1. The third-order valence-electron chi connectivity index (χ3n) is 6.14. The molecule has 0 bridgehead atoms. The summed E-state index contributed by atoms with van der Waals surface area (Å²) in [5, 5.41) is 5.07. The van der Waals surface area contributed by atoms with Crippen LogP contribution in [-0.4, -0.2) is 4.98 Å². The van der Waals surface area contributed by atoms with Gasteiger partial charge in [0.05, 0.1) is 0 Å². The van der Waals surface area contributed by atoms with Crippen molar-refractivity contribution in [2.45, 2.75) is 0 Å². The Morgan fingerprint density at radius 3 is 1.50 bits per heavy atom. The van der Waals surface area contributed by atoms with Gasteiger partial charge in [-0.25, -0.2) is 0 Å². The standard InChI is InChI=1S/C31H21N/c1-3-10-22(11-4-1)30-26-15-7-8-16-27(26)31(23-12-5-2-6-13-23)29-20-24(17-18-28(29)30)25-14-9-19-32-21-25/h1-21H. The highest BCUT2D eigenvalue weighted by atomic mass is 14.6. The van der Waals surface area contributed by atoms with Crippen LogP contribution >= 0.6 is 0 Å². The van der Waals surface area contributed by atoms with Gasteiger partial charge >= 0.3 is 0 Å². The molecule has 1 heterocycles. The monoisotopic (exact) mass is 407 g/mol. The fraction of sp³-hybridized carbons (Fsp3) is 0. The van der Waals surface area contributed by atoms with E-state index in [2.05, 4.69) is 114 Å². The highest BCUT2D eigenvalue weighted by molar-refractivity contribution is 6.21. The second kappa shape index (κ2) is 7.79. The van der Waals surface area contributed by atoms with E-state index in [0.29, 0.717) is 0 Å². The number of nitrogens with zero attached hydrogens (tertiary/aromatic N) is 1. The first-order valence-electron chi connectivity index (χ1n) is 10.9. The smallest absolute Gasteiger partial charge is 0.0346 e. The maximum Gasteiger partial charge on any atom is 0.0346 e.